The van der Waals surface area contributed by atoms with Gasteiger partial charge in [-0.2, -0.15) is 0 Å². The van der Waals surface area contributed by atoms with Gasteiger partial charge in [-0.1, -0.05) is 6.07 Å². The molecule has 0 aromatic carbocycles. The smallest absolute Gasteiger partial charge is 0.229 e. The van der Waals surface area contributed by atoms with Crippen LogP contribution < -0.4 is 5.32 Å². The molecule has 0 radical (unpaired) electrons. The molecule has 3 heterocycles. The van der Waals surface area contributed by atoms with Gasteiger partial charge in [0.1, 0.15) is 5.82 Å². The van der Waals surface area contributed by atoms with Crippen LogP contribution >= 0.6 is 0 Å². The number of pyridine rings is 1. The molecule has 0 spiro atoms. The second-order valence-electron chi connectivity index (χ2n) is 4.92. The summed E-state index contributed by atoms with van der Waals surface area (Å²) in [4.78, 5) is 20.6. The first-order chi connectivity index (χ1) is 9.22. The average Bonchev–Trinajstić information content (AvgIpc) is 2.85. The first kappa shape index (κ1) is 11.9. The van der Waals surface area contributed by atoms with Gasteiger partial charge in [-0.25, -0.2) is 9.97 Å². The average molecular weight is 256 g/mol. The molecule has 2 aromatic heterocycles. The summed E-state index contributed by atoms with van der Waals surface area (Å²) < 4.78 is 2.11. The van der Waals surface area contributed by atoms with Crippen molar-refractivity contribution in [1.82, 2.24) is 14.5 Å². The van der Waals surface area contributed by atoms with E-state index in [1.807, 2.05) is 37.6 Å². The van der Waals surface area contributed by atoms with Crippen LogP contribution in [-0.4, -0.2) is 20.4 Å². The minimum Gasteiger partial charge on any atom is -0.335 e. The van der Waals surface area contributed by atoms with Crippen LogP contribution in [0.4, 0.5) is 5.82 Å². The van der Waals surface area contributed by atoms with E-state index in [-0.39, 0.29) is 11.8 Å². The van der Waals surface area contributed by atoms with Crippen molar-refractivity contribution in [3.8, 4) is 0 Å². The van der Waals surface area contributed by atoms with Gasteiger partial charge in [-0.3, -0.25) is 4.79 Å². The molecular weight excluding hydrogens is 240 g/mol. The number of carbonyl (C=O) groups is 1. The lowest BCUT2D eigenvalue weighted by molar-refractivity contribution is -0.120. The summed E-state index contributed by atoms with van der Waals surface area (Å²) in [6.07, 6.45) is 5.26. The van der Waals surface area contributed by atoms with Gasteiger partial charge in [-0.15, -0.1) is 0 Å². The van der Waals surface area contributed by atoms with Crippen LogP contribution in [0.15, 0.2) is 30.7 Å². The summed E-state index contributed by atoms with van der Waals surface area (Å²) >= 11 is 0. The molecule has 19 heavy (non-hydrogen) atoms. The summed E-state index contributed by atoms with van der Waals surface area (Å²) in [7, 11) is 0. The van der Waals surface area contributed by atoms with Crippen molar-refractivity contribution in [3.63, 3.8) is 0 Å². The summed E-state index contributed by atoms with van der Waals surface area (Å²) in [5.41, 5.74) is 2.03. The van der Waals surface area contributed by atoms with E-state index in [9.17, 15) is 4.79 Å². The maximum absolute atomic E-state index is 12.2. The van der Waals surface area contributed by atoms with E-state index >= 15 is 0 Å². The third kappa shape index (κ3) is 2.50. The summed E-state index contributed by atoms with van der Waals surface area (Å²) in [6.45, 7) is 2.77. The van der Waals surface area contributed by atoms with Crippen LogP contribution in [-0.2, 0) is 17.8 Å². The molecule has 1 atom stereocenters. The Morgan fingerprint density at radius 3 is 3.21 bits per heavy atom. The van der Waals surface area contributed by atoms with E-state index in [0.29, 0.717) is 5.82 Å². The molecule has 3 rings (SSSR count). The fourth-order valence-corrected chi connectivity index (χ4v) is 2.43. The molecule has 1 N–H and O–H groups in total. The predicted octanol–water partition coefficient (Wildman–Crippen LogP) is 1.79. The van der Waals surface area contributed by atoms with Gasteiger partial charge in [0.25, 0.3) is 0 Å². The quantitative estimate of drug-likeness (QED) is 0.891. The standard InChI is InChI=1S/C14H16N4O/c1-10-3-2-4-13(16-10)17-14(19)11-5-6-18-9-15-8-12(18)7-11/h2-4,8-9,11H,5-7H2,1H3,(H,16,17,19). The highest BCUT2D eigenvalue weighted by molar-refractivity contribution is 5.91. The third-order valence-corrected chi connectivity index (χ3v) is 3.48. The Balaban J connectivity index is 1.69. The van der Waals surface area contributed by atoms with Crippen molar-refractivity contribution in [2.75, 3.05) is 5.32 Å². The van der Waals surface area contributed by atoms with Gasteiger partial charge < -0.3 is 9.88 Å². The number of aryl methyl sites for hydroxylation is 2. The molecule has 0 saturated carbocycles. The molecule has 1 amide bonds. The highest BCUT2D eigenvalue weighted by Gasteiger charge is 2.24. The van der Waals surface area contributed by atoms with E-state index in [1.165, 1.54) is 0 Å². The second-order valence-corrected chi connectivity index (χ2v) is 4.92. The number of nitrogens with one attached hydrogen (secondary N) is 1. The Morgan fingerprint density at radius 2 is 2.37 bits per heavy atom. The van der Waals surface area contributed by atoms with Crippen LogP contribution in [0.1, 0.15) is 17.8 Å². The number of rotatable bonds is 2. The molecule has 1 aliphatic rings. The van der Waals surface area contributed by atoms with Gasteiger partial charge in [0.05, 0.1) is 6.33 Å². The number of nitrogens with zero attached hydrogens (tertiary/aromatic N) is 3. The zero-order valence-corrected chi connectivity index (χ0v) is 10.8. The largest absolute Gasteiger partial charge is 0.335 e. The molecular formula is C14H16N4O. The normalized spacial score (nSPS) is 17.8. The lowest BCUT2D eigenvalue weighted by atomic mass is 9.95. The minimum atomic E-state index is 0.00603. The third-order valence-electron chi connectivity index (χ3n) is 3.48. The molecule has 5 heteroatoms. The Bertz CT molecular complexity index is 605. The Kier molecular flexibility index (Phi) is 3.03. The maximum Gasteiger partial charge on any atom is 0.229 e. The minimum absolute atomic E-state index is 0.00603. The Hall–Kier alpha value is -2.17. The molecule has 0 bridgehead atoms. The van der Waals surface area contributed by atoms with Crippen molar-refractivity contribution in [3.05, 3.63) is 42.1 Å². The van der Waals surface area contributed by atoms with Crippen LogP contribution in [0.2, 0.25) is 0 Å². The van der Waals surface area contributed by atoms with E-state index in [2.05, 4.69) is 19.9 Å². The van der Waals surface area contributed by atoms with Crippen LogP contribution in [0, 0.1) is 12.8 Å². The molecule has 1 aliphatic heterocycles. The maximum atomic E-state index is 12.2. The molecule has 1 unspecified atom stereocenters. The fourth-order valence-electron chi connectivity index (χ4n) is 2.43. The van der Waals surface area contributed by atoms with Crippen molar-refractivity contribution in [1.29, 1.82) is 0 Å². The van der Waals surface area contributed by atoms with Gasteiger partial charge >= 0.3 is 0 Å². The first-order valence-corrected chi connectivity index (χ1v) is 6.46. The van der Waals surface area contributed by atoms with Crippen molar-refractivity contribution < 1.29 is 4.79 Å². The highest BCUT2D eigenvalue weighted by atomic mass is 16.1. The number of carbonyl (C=O) groups excluding carboxylic acids is 1. The van der Waals surface area contributed by atoms with Gasteiger partial charge in [0.2, 0.25) is 5.91 Å². The molecule has 98 valence electrons. The molecule has 0 aliphatic carbocycles. The van der Waals surface area contributed by atoms with E-state index in [0.717, 1.165) is 30.8 Å². The fraction of sp³-hybridized carbons (Fsp3) is 0.357. The summed E-state index contributed by atoms with van der Waals surface area (Å²) in [6, 6.07) is 5.63. The number of amides is 1. The highest BCUT2D eigenvalue weighted by Crippen LogP contribution is 2.21. The van der Waals surface area contributed by atoms with E-state index in [1.54, 1.807) is 0 Å². The zero-order valence-electron chi connectivity index (χ0n) is 10.8. The van der Waals surface area contributed by atoms with Gasteiger partial charge in [-0.05, 0) is 25.5 Å². The zero-order chi connectivity index (χ0) is 13.2. The van der Waals surface area contributed by atoms with Crippen molar-refractivity contribution >= 4 is 11.7 Å². The first-order valence-electron chi connectivity index (χ1n) is 6.46. The van der Waals surface area contributed by atoms with Gasteiger partial charge in [0, 0.05) is 36.5 Å². The topological polar surface area (TPSA) is 59.8 Å². The lowest BCUT2D eigenvalue weighted by Crippen LogP contribution is -2.30. The molecule has 2 aromatic rings. The van der Waals surface area contributed by atoms with Crippen LogP contribution in [0.25, 0.3) is 0 Å². The predicted molar refractivity (Wildman–Crippen MR) is 71.6 cm³/mol. The molecule has 5 nitrogen and oxygen atoms in total. The van der Waals surface area contributed by atoms with E-state index in [4.69, 9.17) is 0 Å². The Morgan fingerprint density at radius 1 is 1.47 bits per heavy atom. The molecule has 0 saturated heterocycles. The number of aromatic nitrogens is 3. The van der Waals surface area contributed by atoms with Crippen molar-refractivity contribution in [2.45, 2.75) is 26.3 Å². The lowest BCUT2D eigenvalue weighted by Gasteiger charge is -2.22. The monoisotopic (exact) mass is 256 g/mol. The number of imidazole rings is 1. The Labute approximate surface area is 111 Å². The second kappa shape index (κ2) is 4.84. The summed E-state index contributed by atoms with van der Waals surface area (Å²) in [5, 5.41) is 2.90. The van der Waals surface area contributed by atoms with E-state index < -0.39 is 0 Å². The number of hydrogen-bond acceptors (Lipinski definition) is 3. The van der Waals surface area contributed by atoms with Crippen molar-refractivity contribution in [2.24, 2.45) is 5.92 Å². The SMILES string of the molecule is Cc1cccc(NC(=O)C2CCn3cncc3C2)n1. The summed E-state index contributed by atoms with van der Waals surface area (Å²) in [5.74, 6) is 0.682. The number of anilines is 1. The van der Waals surface area contributed by atoms with Crippen LogP contribution in [0.5, 0.6) is 0 Å². The van der Waals surface area contributed by atoms with Gasteiger partial charge in [0.15, 0.2) is 0 Å². The number of hydrogen-bond donors (Lipinski definition) is 1. The number of fused-ring (bicyclic) bond motifs is 1. The van der Waals surface area contributed by atoms with Crippen LogP contribution in [0.3, 0.4) is 0 Å². The molecule has 0 fully saturated rings.